The molecule has 1 aromatic rings. The van der Waals surface area contributed by atoms with Crippen LogP contribution in [-0.2, 0) is 19.6 Å². The highest BCUT2D eigenvalue weighted by atomic mass is 32.2. The molecule has 3 rings (SSSR count). The molecule has 2 aliphatic rings. The third kappa shape index (κ3) is 3.41. The Labute approximate surface area is 137 Å². The van der Waals surface area contributed by atoms with Gasteiger partial charge in [-0.05, 0) is 31.9 Å². The molecule has 2 aliphatic heterocycles. The molecule has 0 aliphatic carbocycles. The Hall–Kier alpha value is -1.44. The van der Waals surface area contributed by atoms with E-state index in [-0.39, 0.29) is 12.0 Å². The summed E-state index contributed by atoms with van der Waals surface area (Å²) in [5, 5.41) is 0. The number of nitrogens with zero attached hydrogens (tertiary/aromatic N) is 2. The van der Waals surface area contributed by atoms with E-state index in [9.17, 15) is 13.2 Å². The summed E-state index contributed by atoms with van der Waals surface area (Å²) in [6.07, 6.45) is 1.34. The number of rotatable bonds is 3. The van der Waals surface area contributed by atoms with Crippen molar-refractivity contribution in [1.82, 2.24) is 9.21 Å². The van der Waals surface area contributed by atoms with E-state index in [0.29, 0.717) is 37.7 Å². The molecule has 23 heavy (non-hydrogen) atoms. The fourth-order valence-corrected chi connectivity index (χ4v) is 4.41. The number of amides is 1. The molecule has 2 saturated heterocycles. The summed E-state index contributed by atoms with van der Waals surface area (Å²) in [5.41, 5.74) is 1.02. The van der Waals surface area contributed by atoms with Crippen molar-refractivity contribution in [2.24, 2.45) is 0 Å². The van der Waals surface area contributed by atoms with Crippen molar-refractivity contribution >= 4 is 15.9 Å². The van der Waals surface area contributed by atoms with Gasteiger partial charge in [-0.1, -0.05) is 17.7 Å². The predicted octanol–water partition coefficient (Wildman–Crippen LogP) is 1.01. The van der Waals surface area contributed by atoms with Gasteiger partial charge in [0.15, 0.2) is 0 Å². The number of carbonyl (C=O) groups is 1. The first-order valence-corrected chi connectivity index (χ1v) is 9.40. The lowest BCUT2D eigenvalue weighted by molar-refractivity contribution is -0.142. The maximum Gasteiger partial charge on any atom is 0.251 e. The number of hydrogen-bond acceptors (Lipinski definition) is 4. The zero-order valence-electron chi connectivity index (χ0n) is 13.3. The molecule has 0 radical (unpaired) electrons. The van der Waals surface area contributed by atoms with Gasteiger partial charge in [-0.3, -0.25) is 4.79 Å². The van der Waals surface area contributed by atoms with E-state index in [2.05, 4.69) is 0 Å². The minimum Gasteiger partial charge on any atom is -0.368 e. The molecule has 0 unspecified atom stereocenters. The van der Waals surface area contributed by atoms with Crippen LogP contribution in [0.2, 0.25) is 0 Å². The van der Waals surface area contributed by atoms with Crippen molar-refractivity contribution < 1.29 is 17.9 Å². The Balaban J connectivity index is 1.64. The van der Waals surface area contributed by atoms with Crippen LogP contribution in [0.3, 0.4) is 0 Å². The van der Waals surface area contributed by atoms with Gasteiger partial charge in [0, 0.05) is 32.8 Å². The van der Waals surface area contributed by atoms with E-state index in [0.717, 1.165) is 18.4 Å². The second kappa shape index (κ2) is 6.59. The number of hydrogen-bond donors (Lipinski definition) is 0. The summed E-state index contributed by atoms with van der Waals surface area (Å²) in [5.74, 6) is -0.00474. The van der Waals surface area contributed by atoms with Gasteiger partial charge in [-0.2, -0.15) is 4.31 Å². The normalized spacial score (nSPS) is 23.2. The van der Waals surface area contributed by atoms with Crippen molar-refractivity contribution in [3.63, 3.8) is 0 Å². The Morgan fingerprint density at radius 1 is 1.13 bits per heavy atom. The summed E-state index contributed by atoms with van der Waals surface area (Å²) in [7, 11) is -3.48. The Morgan fingerprint density at radius 3 is 2.35 bits per heavy atom. The van der Waals surface area contributed by atoms with E-state index in [1.807, 2.05) is 6.92 Å². The maximum absolute atomic E-state index is 12.6. The lowest BCUT2D eigenvalue weighted by Crippen LogP contribution is -2.52. The average molecular weight is 338 g/mol. The van der Waals surface area contributed by atoms with Gasteiger partial charge in [0.1, 0.15) is 6.10 Å². The SMILES string of the molecule is Cc1ccc(S(=O)(=O)N2CCN(C(=O)[C@@H]3CCCO3)CC2)cc1. The lowest BCUT2D eigenvalue weighted by atomic mass is 10.2. The quantitative estimate of drug-likeness (QED) is 0.825. The molecule has 0 N–H and O–H groups in total. The number of benzene rings is 1. The lowest BCUT2D eigenvalue weighted by Gasteiger charge is -2.35. The minimum absolute atomic E-state index is 0.00474. The van der Waals surface area contributed by atoms with Crippen LogP contribution >= 0.6 is 0 Å². The van der Waals surface area contributed by atoms with Gasteiger partial charge in [0.2, 0.25) is 10.0 Å². The molecule has 0 spiro atoms. The van der Waals surface area contributed by atoms with Crippen LogP contribution in [0.5, 0.6) is 0 Å². The van der Waals surface area contributed by atoms with E-state index < -0.39 is 10.0 Å². The van der Waals surface area contributed by atoms with Crippen molar-refractivity contribution in [3.05, 3.63) is 29.8 Å². The molecule has 1 amide bonds. The second-order valence-electron chi connectivity index (χ2n) is 6.04. The number of sulfonamides is 1. The summed E-state index contributed by atoms with van der Waals surface area (Å²) in [6, 6.07) is 6.86. The Kier molecular flexibility index (Phi) is 4.70. The summed E-state index contributed by atoms with van der Waals surface area (Å²) < 4.78 is 32.1. The van der Waals surface area contributed by atoms with Crippen LogP contribution in [-0.4, -0.2) is 62.4 Å². The maximum atomic E-state index is 12.6. The molecule has 0 aromatic heterocycles. The molecule has 1 atom stereocenters. The third-order valence-corrected chi connectivity index (χ3v) is 6.33. The van der Waals surface area contributed by atoms with Gasteiger partial charge in [0.05, 0.1) is 4.90 Å². The summed E-state index contributed by atoms with van der Waals surface area (Å²) >= 11 is 0. The van der Waals surface area contributed by atoms with Gasteiger partial charge in [-0.15, -0.1) is 0 Å². The largest absolute Gasteiger partial charge is 0.368 e. The molecular formula is C16H22N2O4S. The number of carbonyl (C=O) groups excluding carboxylic acids is 1. The van der Waals surface area contributed by atoms with Crippen molar-refractivity contribution in [2.75, 3.05) is 32.8 Å². The third-order valence-electron chi connectivity index (χ3n) is 4.41. The van der Waals surface area contributed by atoms with Crippen molar-refractivity contribution in [3.8, 4) is 0 Å². The van der Waals surface area contributed by atoms with E-state index in [1.54, 1.807) is 29.2 Å². The fraction of sp³-hybridized carbons (Fsp3) is 0.562. The van der Waals surface area contributed by atoms with E-state index in [1.165, 1.54) is 4.31 Å². The molecule has 2 heterocycles. The standard InChI is InChI=1S/C16H22N2O4S/c1-13-4-6-14(7-5-13)23(20,21)18-10-8-17(9-11-18)16(19)15-3-2-12-22-15/h4-7,15H,2-3,8-12H2,1H3/t15-/m0/s1. The zero-order chi connectivity index (χ0) is 16.4. The highest BCUT2D eigenvalue weighted by Crippen LogP contribution is 2.20. The van der Waals surface area contributed by atoms with Crippen LogP contribution in [0.4, 0.5) is 0 Å². The van der Waals surface area contributed by atoms with Gasteiger partial charge in [0.25, 0.3) is 5.91 Å². The molecular weight excluding hydrogens is 316 g/mol. The first-order chi connectivity index (χ1) is 11.0. The second-order valence-corrected chi connectivity index (χ2v) is 7.98. The van der Waals surface area contributed by atoms with E-state index in [4.69, 9.17) is 4.74 Å². The first kappa shape index (κ1) is 16.4. The number of ether oxygens (including phenoxy) is 1. The summed E-state index contributed by atoms with van der Waals surface area (Å²) in [6.45, 7) is 4.06. The van der Waals surface area contributed by atoms with E-state index >= 15 is 0 Å². The van der Waals surface area contributed by atoms with Crippen LogP contribution in [0.15, 0.2) is 29.2 Å². The van der Waals surface area contributed by atoms with Crippen LogP contribution in [0, 0.1) is 6.92 Å². The molecule has 1 aromatic carbocycles. The molecule has 0 saturated carbocycles. The molecule has 7 heteroatoms. The zero-order valence-corrected chi connectivity index (χ0v) is 14.1. The topological polar surface area (TPSA) is 66.9 Å². The van der Waals surface area contributed by atoms with Crippen molar-refractivity contribution in [1.29, 1.82) is 0 Å². The number of piperazine rings is 1. The Morgan fingerprint density at radius 2 is 1.78 bits per heavy atom. The highest BCUT2D eigenvalue weighted by molar-refractivity contribution is 7.89. The summed E-state index contributed by atoms with van der Waals surface area (Å²) in [4.78, 5) is 14.3. The minimum atomic E-state index is -3.48. The van der Waals surface area contributed by atoms with Crippen LogP contribution in [0.1, 0.15) is 18.4 Å². The monoisotopic (exact) mass is 338 g/mol. The van der Waals surface area contributed by atoms with Gasteiger partial charge in [-0.25, -0.2) is 8.42 Å². The Bertz CT molecular complexity index is 658. The molecule has 0 bridgehead atoms. The fourth-order valence-electron chi connectivity index (χ4n) is 2.98. The van der Waals surface area contributed by atoms with Gasteiger partial charge < -0.3 is 9.64 Å². The smallest absolute Gasteiger partial charge is 0.251 e. The highest BCUT2D eigenvalue weighted by Gasteiger charge is 2.33. The first-order valence-electron chi connectivity index (χ1n) is 7.96. The van der Waals surface area contributed by atoms with Crippen LogP contribution in [0.25, 0.3) is 0 Å². The average Bonchev–Trinajstić information content (AvgIpc) is 3.09. The van der Waals surface area contributed by atoms with Crippen LogP contribution < -0.4 is 0 Å². The molecule has 6 nitrogen and oxygen atoms in total. The van der Waals surface area contributed by atoms with Gasteiger partial charge >= 0.3 is 0 Å². The predicted molar refractivity (Wildman–Crippen MR) is 85.5 cm³/mol. The number of aryl methyl sites for hydroxylation is 1. The van der Waals surface area contributed by atoms with Crippen molar-refractivity contribution in [2.45, 2.75) is 30.8 Å². The molecule has 2 fully saturated rings. The molecule has 126 valence electrons.